The number of nitrogens with two attached hydrogens (primary N) is 1. The van der Waals surface area contributed by atoms with Crippen LogP contribution >= 0.6 is 23.4 Å². The fraction of sp³-hybridized carbons (Fsp3) is 0.556. The zero-order chi connectivity index (χ0) is 18.9. The number of thioether (sulfide) groups is 1. The summed E-state index contributed by atoms with van der Waals surface area (Å²) in [7, 11) is 0. The number of halogens is 1. The lowest BCUT2D eigenvalue weighted by molar-refractivity contribution is -0.117. The molecule has 3 amide bonds. The molecule has 1 saturated heterocycles. The number of hydrogen-bond donors (Lipinski definition) is 3. The quantitative estimate of drug-likeness (QED) is 0.656. The van der Waals surface area contributed by atoms with E-state index in [1.54, 1.807) is 17.8 Å². The maximum Gasteiger partial charge on any atom is 0.312 e. The SMILES string of the molecule is CSCC[C@@H](NC(N)=O)C(=O)Nc1cc(Cl)ccc1N1CCCCCC1. The Labute approximate surface area is 164 Å². The molecule has 1 aliphatic heterocycles. The van der Waals surface area contributed by atoms with E-state index in [0.29, 0.717) is 17.1 Å². The normalized spacial score (nSPS) is 15.8. The number of amides is 3. The van der Waals surface area contributed by atoms with Crippen molar-refractivity contribution in [3.05, 3.63) is 23.2 Å². The lowest BCUT2D eigenvalue weighted by atomic mass is 10.2. The summed E-state index contributed by atoms with van der Waals surface area (Å²) in [4.78, 5) is 26.2. The number of urea groups is 1. The summed E-state index contributed by atoms with van der Waals surface area (Å²) < 4.78 is 0. The summed E-state index contributed by atoms with van der Waals surface area (Å²) in [5, 5.41) is 6.02. The van der Waals surface area contributed by atoms with Crippen LogP contribution in [0.4, 0.5) is 16.2 Å². The molecule has 0 aromatic heterocycles. The van der Waals surface area contributed by atoms with Crippen LogP contribution in [0, 0.1) is 0 Å². The van der Waals surface area contributed by atoms with Crippen molar-refractivity contribution in [1.82, 2.24) is 5.32 Å². The average Bonchev–Trinajstić information content (AvgIpc) is 2.87. The summed E-state index contributed by atoms with van der Waals surface area (Å²) in [6, 6.07) is 4.17. The minimum Gasteiger partial charge on any atom is -0.370 e. The minimum atomic E-state index is -0.704. The number of hydrogen-bond acceptors (Lipinski definition) is 4. The van der Waals surface area contributed by atoms with Gasteiger partial charge in [0.05, 0.1) is 11.4 Å². The van der Waals surface area contributed by atoms with Gasteiger partial charge in [-0.05, 0) is 49.5 Å². The van der Waals surface area contributed by atoms with Crippen LogP contribution in [0.2, 0.25) is 5.02 Å². The predicted octanol–water partition coefficient (Wildman–Crippen LogP) is 3.45. The van der Waals surface area contributed by atoms with Crippen molar-refractivity contribution >= 4 is 46.7 Å². The van der Waals surface area contributed by atoms with Gasteiger partial charge >= 0.3 is 6.03 Å². The zero-order valence-corrected chi connectivity index (χ0v) is 16.7. The first kappa shape index (κ1) is 20.7. The van der Waals surface area contributed by atoms with E-state index in [9.17, 15) is 9.59 Å². The van der Waals surface area contributed by atoms with E-state index >= 15 is 0 Å². The van der Waals surface area contributed by atoms with Crippen molar-refractivity contribution in [2.75, 3.05) is 35.3 Å². The molecule has 0 unspecified atom stereocenters. The van der Waals surface area contributed by atoms with Crippen LogP contribution < -0.4 is 21.3 Å². The predicted molar refractivity (Wildman–Crippen MR) is 110 cm³/mol. The molecule has 1 heterocycles. The molecule has 0 saturated carbocycles. The molecule has 1 fully saturated rings. The number of primary amides is 1. The number of carbonyl (C=O) groups is 2. The summed E-state index contributed by atoms with van der Waals surface area (Å²) in [6.45, 7) is 1.92. The van der Waals surface area contributed by atoms with Gasteiger partial charge in [-0.3, -0.25) is 4.79 Å². The minimum absolute atomic E-state index is 0.281. The van der Waals surface area contributed by atoms with Crippen molar-refractivity contribution < 1.29 is 9.59 Å². The van der Waals surface area contributed by atoms with Crippen LogP contribution in [0.1, 0.15) is 32.1 Å². The van der Waals surface area contributed by atoms with Crippen molar-refractivity contribution in [3.8, 4) is 0 Å². The number of nitrogens with zero attached hydrogens (tertiary/aromatic N) is 1. The largest absolute Gasteiger partial charge is 0.370 e. The first-order chi connectivity index (χ1) is 12.5. The molecule has 1 aliphatic rings. The Hall–Kier alpha value is -1.60. The average molecular weight is 399 g/mol. The molecule has 26 heavy (non-hydrogen) atoms. The Morgan fingerprint density at radius 1 is 1.27 bits per heavy atom. The number of anilines is 2. The van der Waals surface area contributed by atoms with Crippen LogP contribution in [0.3, 0.4) is 0 Å². The van der Waals surface area contributed by atoms with Crippen LogP contribution in [0.5, 0.6) is 0 Å². The second kappa shape index (κ2) is 10.5. The van der Waals surface area contributed by atoms with Crippen LogP contribution in [-0.2, 0) is 4.79 Å². The van der Waals surface area contributed by atoms with Gasteiger partial charge in [0.25, 0.3) is 0 Å². The molecule has 0 spiro atoms. The van der Waals surface area contributed by atoms with Gasteiger partial charge < -0.3 is 21.3 Å². The highest BCUT2D eigenvalue weighted by Gasteiger charge is 2.22. The van der Waals surface area contributed by atoms with E-state index in [2.05, 4.69) is 15.5 Å². The highest BCUT2D eigenvalue weighted by atomic mass is 35.5. The van der Waals surface area contributed by atoms with Gasteiger partial charge in [-0.2, -0.15) is 11.8 Å². The van der Waals surface area contributed by atoms with Crippen LogP contribution in [0.15, 0.2) is 18.2 Å². The van der Waals surface area contributed by atoms with E-state index in [4.69, 9.17) is 17.3 Å². The standard InChI is InChI=1S/C18H27ClN4O2S/c1-26-11-8-14(22-18(20)25)17(24)21-15-12-13(19)6-7-16(15)23-9-4-2-3-5-10-23/h6-7,12,14H,2-5,8-11H2,1H3,(H,21,24)(H3,20,22,25)/t14-/m1/s1. The Kier molecular flexibility index (Phi) is 8.38. The third-order valence-electron chi connectivity index (χ3n) is 4.41. The molecule has 4 N–H and O–H groups in total. The van der Waals surface area contributed by atoms with Gasteiger partial charge in [0.1, 0.15) is 6.04 Å². The molecule has 1 aromatic rings. The summed E-state index contributed by atoms with van der Waals surface area (Å²) in [6.07, 6.45) is 7.19. The fourth-order valence-electron chi connectivity index (χ4n) is 3.09. The first-order valence-electron chi connectivity index (χ1n) is 8.91. The van der Waals surface area contributed by atoms with Gasteiger partial charge in [0.15, 0.2) is 0 Å². The second-order valence-electron chi connectivity index (χ2n) is 6.39. The van der Waals surface area contributed by atoms with E-state index in [1.807, 2.05) is 18.4 Å². The van der Waals surface area contributed by atoms with E-state index in [1.165, 1.54) is 12.8 Å². The summed E-state index contributed by atoms with van der Waals surface area (Å²) in [5.41, 5.74) is 6.85. The third-order valence-corrected chi connectivity index (χ3v) is 5.29. The molecule has 0 radical (unpaired) electrons. The summed E-state index contributed by atoms with van der Waals surface area (Å²) in [5.74, 6) is 0.462. The third kappa shape index (κ3) is 6.29. The second-order valence-corrected chi connectivity index (χ2v) is 7.82. The highest BCUT2D eigenvalue weighted by Crippen LogP contribution is 2.31. The molecule has 144 valence electrons. The summed E-state index contributed by atoms with van der Waals surface area (Å²) >= 11 is 7.77. The first-order valence-corrected chi connectivity index (χ1v) is 10.7. The Morgan fingerprint density at radius 2 is 1.96 bits per heavy atom. The Morgan fingerprint density at radius 3 is 2.58 bits per heavy atom. The highest BCUT2D eigenvalue weighted by molar-refractivity contribution is 7.98. The van der Waals surface area contributed by atoms with E-state index < -0.39 is 12.1 Å². The van der Waals surface area contributed by atoms with Crippen molar-refractivity contribution in [2.24, 2.45) is 5.73 Å². The van der Waals surface area contributed by atoms with E-state index in [-0.39, 0.29) is 5.91 Å². The van der Waals surface area contributed by atoms with E-state index in [0.717, 1.165) is 37.4 Å². The number of benzene rings is 1. The van der Waals surface area contributed by atoms with Crippen molar-refractivity contribution in [2.45, 2.75) is 38.1 Å². The molecule has 1 aromatic carbocycles. The van der Waals surface area contributed by atoms with Gasteiger partial charge in [0, 0.05) is 18.1 Å². The van der Waals surface area contributed by atoms with Crippen LogP contribution in [-0.4, -0.2) is 43.1 Å². The maximum atomic E-state index is 12.7. The number of nitrogens with one attached hydrogen (secondary N) is 2. The smallest absolute Gasteiger partial charge is 0.312 e. The molecule has 2 rings (SSSR count). The number of carbonyl (C=O) groups excluding carboxylic acids is 2. The fourth-order valence-corrected chi connectivity index (χ4v) is 3.74. The van der Waals surface area contributed by atoms with Gasteiger partial charge in [-0.25, -0.2) is 4.79 Å². The Bertz CT molecular complexity index is 621. The van der Waals surface area contributed by atoms with Gasteiger partial charge in [0.2, 0.25) is 5.91 Å². The monoisotopic (exact) mass is 398 g/mol. The molecular formula is C18H27ClN4O2S. The molecular weight excluding hydrogens is 372 g/mol. The molecule has 0 aliphatic carbocycles. The van der Waals surface area contributed by atoms with Crippen molar-refractivity contribution in [3.63, 3.8) is 0 Å². The topological polar surface area (TPSA) is 87.5 Å². The van der Waals surface area contributed by atoms with Crippen LogP contribution in [0.25, 0.3) is 0 Å². The molecule has 6 nitrogen and oxygen atoms in total. The maximum absolute atomic E-state index is 12.7. The Balaban J connectivity index is 2.18. The van der Waals surface area contributed by atoms with Gasteiger partial charge in [-0.15, -0.1) is 0 Å². The lowest BCUT2D eigenvalue weighted by Gasteiger charge is -2.26. The molecule has 1 atom stereocenters. The molecule has 8 heteroatoms. The molecule has 0 bridgehead atoms. The van der Waals surface area contributed by atoms with Gasteiger partial charge in [-0.1, -0.05) is 24.4 Å². The zero-order valence-electron chi connectivity index (χ0n) is 15.1. The number of rotatable bonds is 7. The van der Waals surface area contributed by atoms with Crippen molar-refractivity contribution in [1.29, 1.82) is 0 Å². The lowest BCUT2D eigenvalue weighted by Crippen LogP contribution is -2.46.